The molecule has 1 heterocycles. The van der Waals surface area contributed by atoms with Crippen molar-refractivity contribution in [3.05, 3.63) is 52.0 Å². The normalized spacial score (nSPS) is 14.6. The van der Waals surface area contributed by atoms with E-state index in [-0.39, 0.29) is 6.54 Å². The van der Waals surface area contributed by atoms with Crippen LogP contribution in [0.4, 0.5) is 0 Å². The molecule has 24 heavy (non-hydrogen) atoms. The van der Waals surface area contributed by atoms with Crippen molar-refractivity contribution >= 4 is 10.0 Å². The molecule has 0 saturated heterocycles. The largest absolute Gasteiger partial charge is 0.466 e. The molecule has 2 rings (SSSR count). The molecule has 2 N–H and O–H groups in total. The number of rotatable bonds is 5. The average molecular weight is 351 g/mol. The van der Waals surface area contributed by atoms with Crippen molar-refractivity contribution in [2.75, 3.05) is 6.54 Å². The summed E-state index contributed by atoms with van der Waals surface area (Å²) < 4.78 is 33.4. The van der Waals surface area contributed by atoms with Crippen LogP contribution < -0.4 is 4.72 Å². The van der Waals surface area contributed by atoms with Crippen LogP contribution in [-0.4, -0.2) is 20.1 Å². The van der Waals surface area contributed by atoms with E-state index in [1.165, 1.54) is 13.2 Å². The number of nitrogens with one attached hydrogen (secondary N) is 1. The fraction of sp³-hybridized carbons (Fsp3) is 0.444. The number of hydrogen-bond acceptors (Lipinski definition) is 4. The molecule has 0 bridgehead atoms. The molecule has 132 valence electrons. The van der Waals surface area contributed by atoms with E-state index < -0.39 is 15.6 Å². The van der Waals surface area contributed by atoms with Gasteiger partial charge in [-0.2, -0.15) is 0 Å². The second kappa shape index (κ2) is 6.35. The predicted molar refractivity (Wildman–Crippen MR) is 93.6 cm³/mol. The summed E-state index contributed by atoms with van der Waals surface area (Å²) in [5.41, 5.74) is 3.09. The molecular weight excluding hydrogens is 326 g/mol. The summed E-state index contributed by atoms with van der Waals surface area (Å²) in [7, 11) is -3.76. The lowest BCUT2D eigenvalue weighted by atomic mass is 9.95. The highest BCUT2D eigenvalue weighted by molar-refractivity contribution is 7.89. The quantitative estimate of drug-likeness (QED) is 0.868. The van der Waals surface area contributed by atoms with E-state index in [9.17, 15) is 13.5 Å². The van der Waals surface area contributed by atoms with Gasteiger partial charge >= 0.3 is 0 Å². The molecular formula is C18H25NO4S. The topological polar surface area (TPSA) is 79.5 Å². The number of benzene rings is 1. The molecule has 0 amide bonds. The first-order valence-corrected chi connectivity index (χ1v) is 9.30. The van der Waals surface area contributed by atoms with Crippen molar-refractivity contribution in [3.8, 4) is 0 Å². The molecule has 0 unspecified atom stereocenters. The van der Waals surface area contributed by atoms with E-state index in [2.05, 4.69) is 4.72 Å². The molecule has 2 aromatic rings. The van der Waals surface area contributed by atoms with Gasteiger partial charge < -0.3 is 9.52 Å². The Kier molecular flexibility index (Phi) is 4.95. The Morgan fingerprint density at radius 1 is 1.04 bits per heavy atom. The van der Waals surface area contributed by atoms with E-state index in [1.54, 1.807) is 12.1 Å². The van der Waals surface area contributed by atoms with E-state index in [0.717, 1.165) is 27.8 Å². The molecule has 0 aliphatic rings. The monoisotopic (exact) mass is 351 g/mol. The summed E-state index contributed by atoms with van der Waals surface area (Å²) in [6.45, 7) is 10.8. The fourth-order valence-electron chi connectivity index (χ4n) is 2.85. The summed E-state index contributed by atoms with van der Waals surface area (Å²) in [4.78, 5) is 0.290. The maximum atomic E-state index is 12.9. The van der Waals surface area contributed by atoms with Gasteiger partial charge in [-0.15, -0.1) is 0 Å². The first-order chi connectivity index (χ1) is 11.0. The van der Waals surface area contributed by atoms with Crippen molar-refractivity contribution in [1.82, 2.24) is 4.72 Å². The Labute approximate surface area is 143 Å². The van der Waals surface area contributed by atoms with Crippen molar-refractivity contribution in [3.63, 3.8) is 0 Å². The molecule has 0 aliphatic heterocycles. The van der Waals surface area contributed by atoms with Gasteiger partial charge in [-0.3, -0.25) is 0 Å². The van der Waals surface area contributed by atoms with E-state index in [1.807, 2.05) is 34.6 Å². The molecule has 0 aliphatic carbocycles. The van der Waals surface area contributed by atoms with Crippen molar-refractivity contribution in [2.24, 2.45) is 0 Å². The van der Waals surface area contributed by atoms with Gasteiger partial charge in [0.1, 0.15) is 11.4 Å². The maximum absolute atomic E-state index is 12.9. The third kappa shape index (κ3) is 3.27. The van der Waals surface area contributed by atoms with Crippen LogP contribution in [0.25, 0.3) is 0 Å². The SMILES string of the molecule is Cc1c(C)c(C)c(S(=O)(=O)NC[C@@](C)(O)c2ccco2)c(C)c1C. The zero-order valence-corrected chi connectivity index (χ0v) is 15.8. The molecule has 1 aromatic heterocycles. The lowest BCUT2D eigenvalue weighted by Crippen LogP contribution is -2.39. The van der Waals surface area contributed by atoms with Crippen LogP contribution in [-0.2, 0) is 15.6 Å². The first kappa shape index (κ1) is 18.7. The van der Waals surface area contributed by atoms with E-state index in [4.69, 9.17) is 4.42 Å². The Hall–Kier alpha value is -1.63. The average Bonchev–Trinajstić information content (AvgIpc) is 3.04. The third-order valence-electron chi connectivity index (χ3n) is 4.86. The molecule has 1 aromatic carbocycles. The Morgan fingerprint density at radius 2 is 1.54 bits per heavy atom. The summed E-state index contributed by atoms with van der Waals surface area (Å²) >= 11 is 0. The van der Waals surface area contributed by atoms with Crippen LogP contribution in [0.2, 0.25) is 0 Å². The highest BCUT2D eigenvalue weighted by Crippen LogP contribution is 2.30. The van der Waals surface area contributed by atoms with Gasteiger partial charge in [-0.1, -0.05) is 0 Å². The highest BCUT2D eigenvalue weighted by atomic mass is 32.2. The van der Waals surface area contributed by atoms with Gasteiger partial charge in [0.2, 0.25) is 10.0 Å². The summed E-state index contributed by atoms with van der Waals surface area (Å²) in [6, 6.07) is 3.27. The van der Waals surface area contributed by atoms with Crippen LogP contribution in [0.15, 0.2) is 27.7 Å². The number of sulfonamides is 1. The molecule has 5 nitrogen and oxygen atoms in total. The minimum Gasteiger partial charge on any atom is -0.466 e. The standard InChI is InChI=1S/C18H25NO4S/c1-11-12(2)14(4)17(15(5)13(11)3)24(21,22)19-10-18(6,20)16-8-7-9-23-16/h7-9,19-20H,10H2,1-6H3/t18-/m1/s1. The summed E-state index contributed by atoms with van der Waals surface area (Å²) in [6.07, 6.45) is 1.44. The molecule has 0 radical (unpaired) electrons. The zero-order valence-electron chi connectivity index (χ0n) is 15.0. The third-order valence-corrected chi connectivity index (χ3v) is 6.53. The van der Waals surface area contributed by atoms with E-state index in [0.29, 0.717) is 10.7 Å². The smallest absolute Gasteiger partial charge is 0.241 e. The van der Waals surface area contributed by atoms with Gasteiger partial charge in [0.15, 0.2) is 0 Å². The van der Waals surface area contributed by atoms with Gasteiger partial charge in [-0.05, 0) is 81.5 Å². The lowest BCUT2D eigenvalue weighted by molar-refractivity contribution is 0.0395. The maximum Gasteiger partial charge on any atom is 0.241 e. The van der Waals surface area contributed by atoms with Gasteiger partial charge in [-0.25, -0.2) is 13.1 Å². The Bertz CT molecular complexity index is 821. The Morgan fingerprint density at radius 3 is 2.00 bits per heavy atom. The van der Waals surface area contributed by atoms with Crippen LogP contribution in [0.5, 0.6) is 0 Å². The van der Waals surface area contributed by atoms with Crippen molar-refractivity contribution < 1.29 is 17.9 Å². The van der Waals surface area contributed by atoms with Crippen LogP contribution in [0, 0.1) is 34.6 Å². The van der Waals surface area contributed by atoms with E-state index >= 15 is 0 Å². The molecule has 0 spiro atoms. The molecule has 6 heteroatoms. The zero-order chi connectivity index (χ0) is 18.3. The van der Waals surface area contributed by atoms with Crippen LogP contribution in [0.1, 0.15) is 40.5 Å². The van der Waals surface area contributed by atoms with Crippen molar-refractivity contribution in [2.45, 2.75) is 52.0 Å². The second-order valence-corrected chi connectivity index (χ2v) is 8.23. The number of hydrogen-bond donors (Lipinski definition) is 2. The van der Waals surface area contributed by atoms with Gasteiger partial charge in [0.25, 0.3) is 0 Å². The summed E-state index contributed by atoms with van der Waals surface area (Å²) in [5.74, 6) is 0.315. The van der Waals surface area contributed by atoms with Crippen molar-refractivity contribution in [1.29, 1.82) is 0 Å². The fourth-order valence-corrected chi connectivity index (χ4v) is 4.58. The Balaban J connectivity index is 2.39. The lowest BCUT2D eigenvalue weighted by Gasteiger charge is -2.23. The minimum absolute atomic E-state index is 0.173. The minimum atomic E-state index is -3.76. The number of aliphatic hydroxyl groups is 1. The van der Waals surface area contributed by atoms with Crippen LogP contribution >= 0.6 is 0 Å². The molecule has 0 fully saturated rings. The molecule has 0 saturated carbocycles. The predicted octanol–water partition coefficient (Wildman–Crippen LogP) is 3.01. The second-order valence-electron chi connectivity index (χ2n) is 6.53. The van der Waals surface area contributed by atoms with Gasteiger partial charge in [0, 0.05) is 6.54 Å². The highest BCUT2D eigenvalue weighted by Gasteiger charge is 2.30. The molecule has 1 atom stereocenters. The van der Waals surface area contributed by atoms with Crippen LogP contribution in [0.3, 0.4) is 0 Å². The van der Waals surface area contributed by atoms with Gasteiger partial charge in [0.05, 0.1) is 11.2 Å². The number of furan rings is 1. The first-order valence-electron chi connectivity index (χ1n) is 7.82. The summed E-state index contributed by atoms with van der Waals surface area (Å²) in [5, 5.41) is 10.5.